The van der Waals surface area contributed by atoms with E-state index in [1.807, 2.05) is 18.2 Å². The van der Waals surface area contributed by atoms with Gasteiger partial charge in [0.1, 0.15) is 0 Å². The Labute approximate surface area is 223 Å². The predicted octanol–water partition coefficient (Wildman–Crippen LogP) is 3.17. The summed E-state index contributed by atoms with van der Waals surface area (Å²) in [7, 11) is 3.81. The van der Waals surface area contributed by atoms with Crippen LogP contribution in [0, 0.1) is 0 Å². The van der Waals surface area contributed by atoms with Crippen molar-refractivity contribution in [3.05, 3.63) is 83.4 Å². The normalized spacial score (nSPS) is 11.1. The molecule has 0 heterocycles. The number of carbonyl (C=O) groups is 2. The Hall–Kier alpha value is -4.09. The summed E-state index contributed by atoms with van der Waals surface area (Å²) in [5.41, 5.74) is 2.37. The molecule has 10 nitrogen and oxygen atoms in total. The molecule has 0 atom stereocenters. The van der Waals surface area contributed by atoms with Gasteiger partial charge in [-0.15, -0.1) is 0 Å². The lowest BCUT2D eigenvalue weighted by atomic mass is 10.1. The Morgan fingerprint density at radius 1 is 0.842 bits per heavy atom. The van der Waals surface area contributed by atoms with Crippen LogP contribution in [-0.4, -0.2) is 66.4 Å². The van der Waals surface area contributed by atoms with Crippen LogP contribution in [0.1, 0.15) is 26.3 Å². The number of hydrogen-bond donors (Lipinski definition) is 2. The van der Waals surface area contributed by atoms with E-state index in [-0.39, 0.29) is 5.91 Å². The summed E-state index contributed by atoms with van der Waals surface area (Å²) in [5.74, 6) is 0.487. The molecule has 3 rings (SSSR count). The zero-order valence-electron chi connectivity index (χ0n) is 22.0. The minimum atomic E-state index is -3.65. The molecule has 0 aliphatic carbocycles. The smallest absolute Gasteiger partial charge is 0.303 e. The van der Waals surface area contributed by atoms with Gasteiger partial charge in [-0.2, -0.15) is 12.7 Å². The second-order valence-electron chi connectivity index (χ2n) is 8.50. The fourth-order valence-electron chi connectivity index (χ4n) is 3.64. The van der Waals surface area contributed by atoms with Gasteiger partial charge in [0.15, 0.2) is 11.5 Å². The monoisotopic (exact) mass is 540 g/mol. The van der Waals surface area contributed by atoms with Crippen molar-refractivity contribution in [2.24, 2.45) is 0 Å². The fraction of sp³-hybridized carbons (Fsp3) is 0.259. The van der Waals surface area contributed by atoms with Gasteiger partial charge in [-0.25, -0.2) is 0 Å². The van der Waals surface area contributed by atoms with Gasteiger partial charge in [0.05, 0.1) is 31.2 Å². The number of nitrogens with one attached hydrogen (secondary N) is 2. The SMILES string of the molecule is COc1ccc(CCNC(=O)c2ccccc2NC(=O)c2ccc(N(C)S(=O)(=O)N(C)C)cc2)cc1OC. The highest BCUT2D eigenvalue weighted by molar-refractivity contribution is 7.90. The highest BCUT2D eigenvalue weighted by Gasteiger charge is 2.21. The largest absolute Gasteiger partial charge is 0.493 e. The van der Waals surface area contributed by atoms with Crippen LogP contribution in [-0.2, 0) is 16.6 Å². The van der Waals surface area contributed by atoms with E-state index in [4.69, 9.17) is 9.47 Å². The molecule has 0 fully saturated rings. The first-order valence-corrected chi connectivity index (χ1v) is 13.1. The summed E-state index contributed by atoms with van der Waals surface area (Å²) in [6.07, 6.45) is 0.574. The van der Waals surface area contributed by atoms with Crippen molar-refractivity contribution < 1.29 is 27.5 Å². The molecule has 0 saturated heterocycles. The van der Waals surface area contributed by atoms with Crippen LogP contribution in [0.2, 0.25) is 0 Å². The second kappa shape index (κ2) is 12.4. The van der Waals surface area contributed by atoms with E-state index in [0.717, 1.165) is 14.2 Å². The number of para-hydroxylation sites is 1. The van der Waals surface area contributed by atoms with Crippen molar-refractivity contribution >= 4 is 33.4 Å². The maximum absolute atomic E-state index is 12.9. The third-order valence-electron chi connectivity index (χ3n) is 5.87. The Morgan fingerprint density at radius 3 is 2.13 bits per heavy atom. The highest BCUT2D eigenvalue weighted by atomic mass is 32.2. The van der Waals surface area contributed by atoms with E-state index in [1.54, 1.807) is 50.6 Å². The van der Waals surface area contributed by atoms with Crippen molar-refractivity contribution in [1.82, 2.24) is 9.62 Å². The molecule has 2 N–H and O–H groups in total. The fourth-order valence-corrected chi connectivity index (χ4v) is 4.52. The summed E-state index contributed by atoms with van der Waals surface area (Å²) in [5, 5.41) is 5.65. The lowest BCUT2D eigenvalue weighted by molar-refractivity contribution is 0.0955. The molecule has 38 heavy (non-hydrogen) atoms. The van der Waals surface area contributed by atoms with Gasteiger partial charge >= 0.3 is 10.2 Å². The average molecular weight is 541 g/mol. The molecule has 0 aliphatic rings. The van der Waals surface area contributed by atoms with Crippen LogP contribution in [0.15, 0.2) is 66.7 Å². The summed E-state index contributed by atoms with van der Waals surface area (Å²) >= 11 is 0. The molecule has 0 aromatic heterocycles. The standard InChI is InChI=1S/C27H32N4O6S/c1-30(2)38(34,35)31(3)21-13-11-20(12-14-21)26(32)29-23-9-7-6-8-22(23)27(33)28-17-16-19-10-15-24(36-4)25(18-19)37-5/h6-15,18H,16-17H2,1-5H3,(H,28,33)(H,29,32). The van der Waals surface area contributed by atoms with Crippen molar-refractivity contribution in [3.8, 4) is 11.5 Å². The molecule has 0 radical (unpaired) electrons. The quantitative estimate of drug-likeness (QED) is 0.386. The molecule has 0 spiro atoms. The van der Waals surface area contributed by atoms with E-state index >= 15 is 0 Å². The van der Waals surface area contributed by atoms with Crippen LogP contribution < -0.4 is 24.4 Å². The van der Waals surface area contributed by atoms with Gasteiger partial charge in [0.25, 0.3) is 11.8 Å². The average Bonchev–Trinajstić information content (AvgIpc) is 2.92. The lowest BCUT2D eigenvalue weighted by Gasteiger charge is -2.23. The van der Waals surface area contributed by atoms with E-state index in [1.165, 1.54) is 33.3 Å². The van der Waals surface area contributed by atoms with Crippen molar-refractivity contribution in [2.75, 3.05) is 51.5 Å². The molecule has 202 valence electrons. The summed E-state index contributed by atoms with van der Waals surface area (Å²) in [6, 6.07) is 18.4. The second-order valence-corrected chi connectivity index (χ2v) is 10.7. The zero-order chi connectivity index (χ0) is 27.9. The van der Waals surface area contributed by atoms with Crippen LogP contribution in [0.3, 0.4) is 0 Å². The number of nitrogens with zero attached hydrogens (tertiary/aromatic N) is 2. The number of carbonyl (C=O) groups excluding carboxylic acids is 2. The Kier molecular flexibility index (Phi) is 9.32. The first-order valence-electron chi connectivity index (χ1n) is 11.7. The number of ether oxygens (including phenoxy) is 2. The van der Waals surface area contributed by atoms with Gasteiger partial charge in [-0.3, -0.25) is 13.9 Å². The third kappa shape index (κ3) is 6.61. The molecular weight excluding hydrogens is 508 g/mol. The van der Waals surface area contributed by atoms with Crippen molar-refractivity contribution in [1.29, 1.82) is 0 Å². The maximum Gasteiger partial charge on any atom is 0.303 e. The number of anilines is 2. The van der Waals surface area contributed by atoms with Crippen molar-refractivity contribution in [2.45, 2.75) is 6.42 Å². The number of amides is 2. The zero-order valence-corrected chi connectivity index (χ0v) is 22.8. The Bertz CT molecular complexity index is 1390. The van der Waals surface area contributed by atoms with Gasteiger partial charge in [-0.1, -0.05) is 18.2 Å². The Morgan fingerprint density at radius 2 is 1.50 bits per heavy atom. The van der Waals surface area contributed by atoms with E-state index < -0.39 is 16.1 Å². The molecule has 0 saturated carbocycles. The minimum Gasteiger partial charge on any atom is -0.493 e. The lowest BCUT2D eigenvalue weighted by Crippen LogP contribution is -2.37. The molecule has 11 heteroatoms. The summed E-state index contributed by atoms with van der Waals surface area (Å²) in [6.45, 7) is 0.376. The minimum absolute atomic E-state index is 0.313. The number of benzene rings is 3. The van der Waals surface area contributed by atoms with Crippen LogP contribution in [0.25, 0.3) is 0 Å². The molecule has 0 aliphatic heterocycles. The molecule has 3 aromatic carbocycles. The Balaban J connectivity index is 1.65. The van der Waals surface area contributed by atoms with Crippen LogP contribution >= 0.6 is 0 Å². The van der Waals surface area contributed by atoms with Crippen molar-refractivity contribution in [3.63, 3.8) is 0 Å². The molecule has 0 unspecified atom stereocenters. The van der Waals surface area contributed by atoms with E-state index in [2.05, 4.69) is 10.6 Å². The van der Waals surface area contributed by atoms with E-state index in [0.29, 0.717) is 47.0 Å². The number of rotatable bonds is 11. The summed E-state index contributed by atoms with van der Waals surface area (Å²) < 4.78 is 37.4. The third-order valence-corrected chi connectivity index (χ3v) is 7.69. The van der Waals surface area contributed by atoms with Gasteiger partial charge in [0.2, 0.25) is 0 Å². The topological polar surface area (TPSA) is 117 Å². The molecular formula is C27H32N4O6S. The number of hydrogen-bond acceptors (Lipinski definition) is 6. The van der Waals surface area contributed by atoms with Gasteiger partial charge < -0.3 is 20.1 Å². The first kappa shape index (κ1) is 28.5. The van der Waals surface area contributed by atoms with Gasteiger partial charge in [-0.05, 0) is 60.5 Å². The molecule has 2 amide bonds. The first-order chi connectivity index (χ1) is 18.1. The molecule has 3 aromatic rings. The highest BCUT2D eigenvalue weighted by Crippen LogP contribution is 2.27. The van der Waals surface area contributed by atoms with Crippen LogP contribution in [0.4, 0.5) is 11.4 Å². The maximum atomic E-state index is 12.9. The van der Waals surface area contributed by atoms with E-state index in [9.17, 15) is 18.0 Å². The number of methoxy groups -OCH3 is 2. The molecule has 0 bridgehead atoms. The predicted molar refractivity (Wildman–Crippen MR) is 147 cm³/mol. The summed E-state index contributed by atoms with van der Waals surface area (Å²) in [4.78, 5) is 25.8. The van der Waals surface area contributed by atoms with Gasteiger partial charge in [0, 0.05) is 33.3 Å². The van der Waals surface area contributed by atoms with Crippen LogP contribution in [0.5, 0.6) is 11.5 Å².